The average Bonchev–Trinajstić information content (AvgIpc) is 2.39. The summed E-state index contributed by atoms with van der Waals surface area (Å²) in [6.45, 7) is 0. The third-order valence-corrected chi connectivity index (χ3v) is 2.94. The number of carboxylic acids is 1. The van der Waals surface area contributed by atoms with Gasteiger partial charge in [-0.25, -0.2) is 14.8 Å². The van der Waals surface area contributed by atoms with Crippen LogP contribution < -0.4 is 5.32 Å². The van der Waals surface area contributed by atoms with Gasteiger partial charge in [-0.3, -0.25) is 4.79 Å². The van der Waals surface area contributed by atoms with Crippen molar-refractivity contribution in [3.8, 4) is 0 Å². The van der Waals surface area contributed by atoms with Crippen LogP contribution in [0.15, 0.2) is 41.1 Å². The number of carbonyl (C=O) groups is 2. The summed E-state index contributed by atoms with van der Waals surface area (Å²) in [4.78, 5) is 30.4. The van der Waals surface area contributed by atoms with E-state index in [9.17, 15) is 9.59 Å². The summed E-state index contributed by atoms with van der Waals surface area (Å²) in [5, 5.41) is 11.4. The number of nitrogens with one attached hydrogen (secondary N) is 1. The number of rotatable bonds is 3. The van der Waals surface area contributed by atoms with Crippen LogP contribution in [0.25, 0.3) is 0 Å². The molecule has 0 spiro atoms. The SMILES string of the molecule is O=C(Nc1nccnc1C(=O)O)c1ccccc1Br. The quantitative estimate of drug-likeness (QED) is 0.904. The van der Waals surface area contributed by atoms with Gasteiger partial charge in [-0.2, -0.15) is 0 Å². The lowest BCUT2D eigenvalue weighted by Gasteiger charge is -2.07. The summed E-state index contributed by atoms with van der Waals surface area (Å²) >= 11 is 3.24. The Morgan fingerprint density at radius 3 is 2.53 bits per heavy atom. The summed E-state index contributed by atoms with van der Waals surface area (Å²) in [6.07, 6.45) is 2.56. The Hall–Kier alpha value is -2.28. The average molecular weight is 322 g/mol. The lowest BCUT2D eigenvalue weighted by atomic mass is 10.2. The van der Waals surface area contributed by atoms with Gasteiger partial charge in [0, 0.05) is 16.9 Å². The number of carboxylic acid groups (broad SMARTS) is 1. The van der Waals surface area contributed by atoms with E-state index in [0.29, 0.717) is 10.0 Å². The molecule has 0 bridgehead atoms. The molecule has 2 N–H and O–H groups in total. The van der Waals surface area contributed by atoms with Crippen LogP contribution in [0.3, 0.4) is 0 Å². The van der Waals surface area contributed by atoms with E-state index in [0.717, 1.165) is 0 Å². The minimum absolute atomic E-state index is 0.0873. The summed E-state index contributed by atoms with van der Waals surface area (Å²) < 4.78 is 0.605. The Labute approximate surface area is 116 Å². The van der Waals surface area contributed by atoms with Crippen molar-refractivity contribution in [2.75, 3.05) is 5.32 Å². The van der Waals surface area contributed by atoms with Crippen LogP contribution in [0.5, 0.6) is 0 Å². The van der Waals surface area contributed by atoms with Gasteiger partial charge in [0.05, 0.1) is 5.56 Å². The smallest absolute Gasteiger partial charge is 0.358 e. The van der Waals surface area contributed by atoms with Crippen LogP contribution in [0, 0.1) is 0 Å². The number of nitrogens with zero attached hydrogens (tertiary/aromatic N) is 2. The first-order chi connectivity index (χ1) is 9.09. The highest BCUT2D eigenvalue weighted by atomic mass is 79.9. The molecule has 0 radical (unpaired) electrons. The van der Waals surface area contributed by atoms with Crippen LogP contribution >= 0.6 is 15.9 Å². The highest BCUT2D eigenvalue weighted by molar-refractivity contribution is 9.10. The van der Waals surface area contributed by atoms with Crippen molar-refractivity contribution in [2.24, 2.45) is 0 Å². The monoisotopic (exact) mass is 321 g/mol. The molecule has 6 nitrogen and oxygen atoms in total. The molecule has 1 aromatic carbocycles. The summed E-state index contributed by atoms with van der Waals surface area (Å²) in [6, 6.07) is 6.79. The van der Waals surface area contributed by atoms with Gasteiger partial charge in [0.25, 0.3) is 5.91 Å². The fourth-order valence-electron chi connectivity index (χ4n) is 1.41. The van der Waals surface area contributed by atoms with Crippen molar-refractivity contribution < 1.29 is 14.7 Å². The number of aromatic carboxylic acids is 1. The molecular weight excluding hydrogens is 314 g/mol. The Balaban J connectivity index is 2.30. The Morgan fingerprint density at radius 2 is 1.84 bits per heavy atom. The van der Waals surface area contributed by atoms with Crippen molar-refractivity contribution in [1.29, 1.82) is 0 Å². The van der Waals surface area contributed by atoms with Crippen LogP contribution in [-0.4, -0.2) is 27.0 Å². The van der Waals surface area contributed by atoms with Crippen LogP contribution in [-0.2, 0) is 0 Å². The molecule has 0 aliphatic heterocycles. The Bertz CT molecular complexity index is 646. The number of carbonyl (C=O) groups excluding carboxylic acids is 1. The van der Waals surface area contributed by atoms with Crippen molar-refractivity contribution in [3.05, 3.63) is 52.4 Å². The molecule has 0 atom stereocenters. The number of hydrogen-bond donors (Lipinski definition) is 2. The molecule has 96 valence electrons. The summed E-state index contributed by atoms with van der Waals surface area (Å²) in [7, 11) is 0. The third kappa shape index (κ3) is 2.94. The topological polar surface area (TPSA) is 92.2 Å². The second kappa shape index (κ2) is 5.57. The first-order valence-electron chi connectivity index (χ1n) is 5.20. The first-order valence-corrected chi connectivity index (χ1v) is 5.99. The number of halogens is 1. The zero-order valence-electron chi connectivity index (χ0n) is 9.50. The van der Waals surface area contributed by atoms with E-state index in [1.165, 1.54) is 12.4 Å². The summed E-state index contributed by atoms with van der Waals surface area (Å²) in [5.41, 5.74) is 0.0763. The molecule has 2 aromatic rings. The third-order valence-electron chi connectivity index (χ3n) is 2.25. The van der Waals surface area contributed by atoms with E-state index >= 15 is 0 Å². The molecule has 0 unspecified atom stereocenters. The van der Waals surface area contributed by atoms with Gasteiger partial charge in [-0.05, 0) is 28.1 Å². The van der Waals surface area contributed by atoms with Gasteiger partial charge in [-0.15, -0.1) is 0 Å². The van der Waals surface area contributed by atoms with E-state index in [1.54, 1.807) is 24.3 Å². The van der Waals surface area contributed by atoms with Crippen molar-refractivity contribution in [3.63, 3.8) is 0 Å². The Morgan fingerprint density at radius 1 is 1.16 bits per heavy atom. The second-order valence-corrected chi connectivity index (χ2v) is 4.35. The molecule has 1 aromatic heterocycles. The van der Waals surface area contributed by atoms with Crippen molar-refractivity contribution >= 4 is 33.6 Å². The van der Waals surface area contributed by atoms with Gasteiger partial charge >= 0.3 is 5.97 Å². The maximum atomic E-state index is 12.0. The maximum absolute atomic E-state index is 12.0. The normalized spacial score (nSPS) is 9.95. The zero-order valence-corrected chi connectivity index (χ0v) is 11.1. The first kappa shape index (κ1) is 13.2. The molecule has 0 aliphatic carbocycles. The van der Waals surface area contributed by atoms with E-state index in [2.05, 4.69) is 31.2 Å². The largest absolute Gasteiger partial charge is 0.476 e. The molecule has 1 amide bonds. The fourth-order valence-corrected chi connectivity index (χ4v) is 1.87. The maximum Gasteiger partial charge on any atom is 0.358 e. The highest BCUT2D eigenvalue weighted by Gasteiger charge is 2.16. The van der Waals surface area contributed by atoms with Crippen LogP contribution in [0.2, 0.25) is 0 Å². The number of anilines is 1. The number of benzene rings is 1. The van der Waals surface area contributed by atoms with E-state index in [1.807, 2.05) is 0 Å². The van der Waals surface area contributed by atoms with Crippen molar-refractivity contribution in [1.82, 2.24) is 9.97 Å². The minimum atomic E-state index is -1.25. The van der Waals surface area contributed by atoms with Crippen molar-refractivity contribution in [2.45, 2.75) is 0 Å². The van der Waals surface area contributed by atoms with E-state index in [4.69, 9.17) is 5.11 Å². The second-order valence-electron chi connectivity index (χ2n) is 3.49. The predicted octanol–water partition coefficient (Wildman–Crippen LogP) is 2.19. The van der Waals surface area contributed by atoms with Crippen LogP contribution in [0.4, 0.5) is 5.82 Å². The van der Waals surface area contributed by atoms with E-state index < -0.39 is 11.9 Å². The van der Waals surface area contributed by atoms with Gasteiger partial charge in [0.15, 0.2) is 11.5 Å². The van der Waals surface area contributed by atoms with Gasteiger partial charge < -0.3 is 10.4 Å². The fraction of sp³-hybridized carbons (Fsp3) is 0. The molecule has 7 heteroatoms. The van der Waals surface area contributed by atoms with Crippen LogP contribution in [0.1, 0.15) is 20.8 Å². The number of hydrogen-bond acceptors (Lipinski definition) is 4. The standard InChI is InChI=1S/C12H8BrN3O3/c13-8-4-2-1-3-7(8)11(17)16-10-9(12(18)19)14-5-6-15-10/h1-6H,(H,18,19)(H,15,16,17). The molecular formula is C12H8BrN3O3. The minimum Gasteiger partial charge on any atom is -0.476 e. The van der Waals surface area contributed by atoms with E-state index in [-0.39, 0.29) is 11.5 Å². The zero-order chi connectivity index (χ0) is 13.8. The molecule has 2 rings (SSSR count). The number of aromatic nitrogens is 2. The highest BCUT2D eigenvalue weighted by Crippen LogP contribution is 2.18. The molecule has 0 fully saturated rings. The van der Waals surface area contributed by atoms with Gasteiger partial charge in [-0.1, -0.05) is 12.1 Å². The molecule has 0 aliphatic rings. The molecule has 0 saturated heterocycles. The molecule has 0 saturated carbocycles. The lowest BCUT2D eigenvalue weighted by molar-refractivity contribution is 0.0691. The van der Waals surface area contributed by atoms with Gasteiger partial charge in [0.2, 0.25) is 0 Å². The Kier molecular flexibility index (Phi) is 3.86. The lowest BCUT2D eigenvalue weighted by Crippen LogP contribution is -2.17. The molecule has 1 heterocycles. The molecule has 19 heavy (non-hydrogen) atoms. The predicted molar refractivity (Wildman–Crippen MR) is 71.1 cm³/mol. The number of amides is 1. The summed E-state index contributed by atoms with van der Waals surface area (Å²) in [5.74, 6) is -1.80. The van der Waals surface area contributed by atoms with Gasteiger partial charge in [0.1, 0.15) is 0 Å².